The highest BCUT2D eigenvalue weighted by molar-refractivity contribution is 6.29. The van der Waals surface area contributed by atoms with Crippen LogP contribution in [0.3, 0.4) is 0 Å². The van der Waals surface area contributed by atoms with Crippen molar-refractivity contribution in [3.63, 3.8) is 0 Å². The van der Waals surface area contributed by atoms with Crippen molar-refractivity contribution in [2.45, 2.75) is 26.5 Å². The van der Waals surface area contributed by atoms with Crippen LogP contribution in [-0.2, 0) is 6.54 Å². The number of aromatic nitrogens is 2. The van der Waals surface area contributed by atoms with Crippen molar-refractivity contribution in [1.29, 1.82) is 5.26 Å². The van der Waals surface area contributed by atoms with Gasteiger partial charge in [0.25, 0.3) is 0 Å². The molecule has 2 aromatic carbocycles. The highest BCUT2D eigenvalue weighted by Gasteiger charge is 2.06. The monoisotopic (exact) mass is 543 g/mol. The van der Waals surface area contributed by atoms with Gasteiger partial charge < -0.3 is 19.1 Å². The molecule has 0 saturated carbocycles. The van der Waals surface area contributed by atoms with Crippen LogP contribution < -0.4 is 14.2 Å². The first-order valence-electron chi connectivity index (χ1n) is 12.2. The molecule has 0 aliphatic rings. The molecule has 0 fully saturated rings. The van der Waals surface area contributed by atoms with E-state index < -0.39 is 0 Å². The highest BCUT2D eigenvalue weighted by Crippen LogP contribution is 2.23. The molecule has 0 amide bonds. The number of nitrogens with zero attached hydrogens (tertiary/aromatic N) is 5. The topological polar surface area (TPSA) is 92.9 Å². The second kappa shape index (κ2) is 15.6. The molecule has 1 atom stereocenters. The van der Waals surface area contributed by atoms with Gasteiger partial charge in [-0.15, -0.1) is 0 Å². The van der Waals surface area contributed by atoms with Gasteiger partial charge in [-0.1, -0.05) is 41.9 Å². The van der Waals surface area contributed by atoms with Crippen molar-refractivity contribution in [1.82, 2.24) is 14.9 Å². The van der Waals surface area contributed by atoms with Gasteiger partial charge in [0.1, 0.15) is 40.9 Å². The minimum atomic E-state index is -0.0971. The van der Waals surface area contributed by atoms with Gasteiger partial charge in [0.15, 0.2) is 0 Å². The lowest BCUT2D eigenvalue weighted by Crippen LogP contribution is -2.23. The van der Waals surface area contributed by atoms with Crippen molar-refractivity contribution < 1.29 is 14.2 Å². The number of halogens is 1. The molecule has 2 aromatic heterocycles. The smallest absolute Gasteiger partial charge is 0.213 e. The van der Waals surface area contributed by atoms with E-state index in [1.54, 1.807) is 31.6 Å². The van der Waals surface area contributed by atoms with E-state index in [9.17, 15) is 0 Å². The number of para-hydroxylation sites is 1. The molecule has 200 valence electrons. The molecule has 0 N–H and O–H groups in total. The first-order valence-corrected chi connectivity index (χ1v) is 12.6. The summed E-state index contributed by atoms with van der Waals surface area (Å²) >= 11 is 5.67. The van der Waals surface area contributed by atoms with Crippen LogP contribution in [0.5, 0.6) is 23.1 Å². The largest absolute Gasteiger partial charge is 0.490 e. The molecule has 0 aliphatic heterocycles. The van der Waals surface area contributed by atoms with Crippen molar-refractivity contribution in [2.24, 2.45) is 4.99 Å². The molecular weight excluding hydrogens is 514 g/mol. The van der Waals surface area contributed by atoms with Crippen LogP contribution in [0, 0.1) is 11.5 Å². The van der Waals surface area contributed by atoms with Crippen LogP contribution in [-0.4, -0.2) is 40.5 Å². The molecule has 0 aliphatic carbocycles. The molecule has 2 heterocycles. The maximum absolute atomic E-state index is 8.39. The van der Waals surface area contributed by atoms with Gasteiger partial charge in [0.05, 0.1) is 0 Å². The summed E-state index contributed by atoms with van der Waals surface area (Å²) in [5.74, 6) is 3.62. The van der Waals surface area contributed by atoms with Crippen molar-refractivity contribution in [3.8, 4) is 29.3 Å². The van der Waals surface area contributed by atoms with Crippen LogP contribution in [0.1, 0.15) is 19.4 Å². The molecule has 0 radical (unpaired) electrons. The van der Waals surface area contributed by atoms with E-state index in [1.807, 2.05) is 97.7 Å². The summed E-state index contributed by atoms with van der Waals surface area (Å²) in [6, 6.07) is 26.4. The molecule has 0 saturated heterocycles. The number of benzene rings is 2. The second-order valence-electron chi connectivity index (χ2n) is 8.40. The number of aliphatic imine (C=N–C) groups is 1. The zero-order valence-electron chi connectivity index (χ0n) is 22.1. The molecule has 8 nitrogen and oxygen atoms in total. The van der Waals surface area contributed by atoms with Gasteiger partial charge in [-0.25, -0.2) is 9.97 Å². The van der Waals surface area contributed by atoms with Crippen molar-refractivity contribution >= 4 is 17.4 Å². The van der Waals surface area contributed by atoms with Gasteiger partial charge in [-0.2, -0.15) is 10.3 Å². The quantitative estimate of drug-likeness (QED) is 0.0993. The van der Waals surface area contributed by atoms with E-state index in [-0.39, 0.29) is 6.10 Å². The Bertz CT molecular complexity index is 1330. The van der Waals surface area contributed by atoms with Gasteiger partial charge in [0.2, 0.25) is 12.1 Å². The normalized spacial score (nSPS) is 11.3. The van der Waals surface area contributed by atoms with Crippen LogP contribution in [0.25, 0.3) is 0 Å². The van der Waals surface area contributed by atoms with Crippen molar-refractivity contribution in [2.75, 3.05) is 13.7 Å². The van der Waals surface area contributed by atoms with Gasteiger partial charge in [-0.3, -0.25) is 0 Å². The fraction of sp³-hybridized carbons (Fsp3) is 0.200. The van der Waals surface area contributed by atoms with E-state index in [4.69, 9.17) is 31.1 Å². The third kappa shape index (κ3) is 10.7. The molecule has 39 heavy (non-hydrogen) atoms. The zero-order valence-corrected chi connectivity index (χ0v) is 22.8. The summed E-state index contributed by atoms with van der Waals surface area (Å²) in [4.78, 5) is 13.6. The minimum Gasteiger partial charge on any atom is -0.490 e. The highest BCUT2D eigenvalue weighted by atomic mass is 35.5. The molecular formula is C30H30ClN5O3. The first-order chi connectivity index (χ1) is 18.9. The maximum Gasteiger partial charge on any atom is 0.213 e. The Morgan fingerprint density at radius 1 is 0.949 bits per heavy atom. The average molecular weight is 544 g/mol. The molecule has 0 spiro atoms. The zero-order chi connectivity index (χ0) is 27.9. The third-order valence-corrected chi connectivity index (χ3v) is 5.44. The summed E-state index contributed by atoms with van der Waals surface area (Å²) in [5, 5.41) is 8.87. The molecule has 9 heteroatoms. The second-order valence-corrected chi connectivity index (χ2v) is 8.79. The summed E-state index contributed by atoms with van der Waals surface area (Å²) in [5.41, 5.74) is 1.02. The maximum atomic E-state index is 8.39. The number of pyridine rings is 2. The fourth-order valence-corrected chi connectivity index (χ4v) is 3.26. The summed E-state index contributed by atoms with van der Waals surface area (Å²) in [7, 11) is 1.87. The number of amidine groups is 1. The molecule has 4 aromatic rings. The summed E-state index contributed by atoms with van der Waals surface area (Å²) in [6.45, 7) is 4.82. The standard InChI is InChI=1S/C20H19NO3.C10H11ClN4/c1-16(23-20-9-5-6-14-21-20)15-22-17-10-12-19(13-11-17)24-18-7-3-2-4-8-18;1-8(14-7-12)15(2)6-9-3-4-10(11)13-5-9/h2-14,16H,15H2,1H3;3-5H,6H2,1-2H3. The average Bonchev–Trinajstić information content (AvgIpc) is 2.95. The Kier molecular flexibility index (Phi) is 11.6. The number of hydrogen-bond acceptors (Lipinski definition) is 7. The van der Waals surface area contributed by atoms with Crippen LogP contribution in [0.2, 0.25) is 5.15 Å². The van der Waals surface area contributed by atoms with Crippen LogP contribution in [0.4, 0.5) is 0 Å². The lowest BCUT2D eigenvalue weighted by molar-refractivity contribution is 0.138. The van der Waals surface area contributed by atoms with E-state index in [2.05, 4.69) is 15.0 Å². The van der Waals surface area contributed by atoms with E-state index in [1.165, 1.54) is 0 Å². The SMILES string of the molecule is CC(=NC#N)N(C)Cc1ccc(Cl)nc1.CC(COc1ccc(Oc2ccccc2)cc1)Oc1ccccn1. The minimum absolute atomic E-state index is 0.0971. The summed E-state index contributed by atoms with van der Waals surface area (Å²) < 4.78 is 17.2. The Morgan fingerprint density at radius 2 is 1.64 bits per heavy atom. The Balaban J connectivity index is 0.000000242. The molecule has 1 unspecified atom stereocenters. The third-order valence-electron chi connectivity index (χ3n) is 5.22. The van der Waals surface area contributed by atoms with E-state index >= 15 is 0 Å². The van der Waals surface area contributed by atoms with E-state index in [0.29, 0.717) is 30.0 Å². The predicted octanol–water partition coefficient (Wildman–Crippen LogP) is 6.79. The van der Waals surface area contributed by atoms with E-state index in [0.717, 1.165) is 22.8 Å². The van der Waals surface area contributed by atoms with Gasteiger partial charge in [-0.05, 0) is 67.9 Å². The van der Waals surface area contributed by atoms with Crippen LogP contribution in [0.15, 0.2) is 102 Å². The fourth-order valence-electron chi connectivity index (χ4n) is 3.15. The van der Waals surface area contributed by atoms with Gasteiger partial charge in [0, 0.05) is 32.1 Å². The number of nitriles is 1. The summed E-state index contributed by atoms with van der Waals surface area (Å²) in [6.07, 6.45) is 5.07. The number of rotatable bonds is 9. The Labute approximate surface area is 234 Å². The number of hydrogen-bond donors (Lipinski definition) is 0. The Morgan fingerprint density at radius 3 is 2.28 bits per heavy atom. The van der Waals surface area contributed by atoms with Crippen molar-refractivity contribution in [3.05, 3.63) is 108 Å². The van der Waals surface area contributed by atoms with Crippen LogP contribution >= 0.6 is 11.6 Å². The first kappa shape index (κ1) is 29.0. The Hall–Kier alpha value is -4.61. The lowest BCUT2D eigenvalue weighted by Gasteiger charge is -2.17. The van der Waals surface area contributed by atoms with Gasteiger partial charge >= 0.3 is 0 Å². The predicted molar refractivity (Wildman–Crippen MR) is 152 cm³/mol. The number of ether oxygens (including phenoxy) is 3. The molecule has 0 bridgehead atoms. The molecule has 4 rings (SSSR count). The lowest BCUT2D eigenvalue weighted by atomic mass is 10.3.